The van der Waals surface area contributed by atoms with Gasteiger partial charge in [-0.2, -0.15) is 0 Å². The van der Waals surface area contributed by atoms with E-state index in [2.05, 4.69) is 4.98 Å². The van der Waals surface area contributed by atoms with E-state index in [1.807, 2.05) is 30.3 Å². The molecule has 4 rings (SSSR count). The van der Waals surface area contributed by atoms with E-state index in [0.717, 1.165) is 21.7 Å². The fourth-order valence-corrected chi connectivity index (χ4v) is 3.67. The van der Waals surface area contributed by atoms with Crippen LogP contribution in [0.25, 0.3) is 20.7 Å². The standard InChI is InChI=1S/C16H14N2O3S/c1-20-11-4-2-10(3-5-11)13-8-12-15(22-13)16(19)18-6-7-21-9-14(18)17-12/h2-5,8H,6-7,9H2,1H3. The number of hydrogen-bond donors (Lipinski definition) is 0. The molecule has 1 aliphatic rings. The quantitative estimate of drug-likeness (QED) is 0.730. The smallest absolute Gasteiger partial charge is 0.271 e. The number of fused-ring (bicyclic) bond motifs is 2. The molecule has 0 saturated heterocycles. The summed E-state index contributed by atoms with van der Waals surface area (Å²) in [6.45, 7) is 1.54. The van der Waals surface area contributed by atoms with E-state index in [9.17, 15) is 4.79 Å². The molecule has 3 aromatic rings. The van der Waals surface area contributed by atoms with Crippen molar-refractivity contribution in [2.24, 2.45) is 0 Å². The van der Waals surface area contributed by atoms with E-state index < -0.39 is 0 Å². The molecule has 5 nitrogen and oxygen atoms in total. The van der Waals surface area contributed by atoms with Gasteiger partial charge in [-0.1, -0.05) is 0 Å². The van der Waals surface area contributed by atoms with Gasteiger partial charge in [0.15, 0.2) is 0 Å². The van der Waals surface area contributed by atoms with E-state index in [1.165, 1.54) is 11.3 Å². The van der Waals surface area contributed by atoms with Crippen LogP contribution < -0.4 is 10.3 Å². The Balaban J connectivity index is 1.86. The van der Waals surface area contributed by atoms with Crippen LogP contribution in [-0.2, 0) is 17.9 Å². The summed E-state index contributed by atoms with van der Waals surface area (Å²) >= 11 is 1.49. The van der Waals surface area contributed by atoms with Gasteiger partial charge in [-0.05, 0) is 35.9 Å². The fraction of sp³-hybridized carbons (Fsp3) is 0.250. The molecule has 112 valence electrons. The zero-order chi connectivity index (χ0) is 15.1. The van der Waals surface area contributed by atoms with Crippen molar-refractivity contribution in [1.82, 2.24) is 9.55 Å². The molecule has 22 heavy (non-hydrogen) atoms. The molecule has 0 bridgehead atoms. The zero-order valence-electron chi connectivity index (χ0n) is 12.0. The molecule has 6 heteroatoms. The molecular weight excluding hydrogens is 300 g/mol. The Hall–Kier alpha value is -2.18. The summed E-state index contributed by atoms with van der Waals surface area (Å²) in [7, 11) is 1.64. The Morgan fingerprint density at radius 1 is 1.32 bits per heavy atom. The van der Waals surface area contributed by atoms with Crippen LogP contribution >= 0.6 is 11.3 Å². The minimum atomic E-state index is 0.0352. The lowest BCUT2D eigenvalue weighted by Crippen LogP contribution is -2.30. The number of nitrogens with zero attached hydrogens (tertiary/aromatic N) is 2. The summed E-state index contributed by atoms with van der Waals surface area (Å²) in [5.74, 6) is 1.53. The molecular formula is C16H14N2O3S. The van der Waals surface area contributed by atoms with Crippen LogP contribution in [0.4, 0.5) is 0 Å². The van der Waals surface area contributed by atoms with Crippen LogP contribution in [0.15, 0.2) is 35.1 Å². The van der Waals surface area contributed by atoms with Crippen LogP contribution in [-0.4, -0.2) is 23.3 Å². The first-order valence-electron chi connectivity index (χ1n) is 7.02. The molecule has 0 amide bonds. The first-order valence-corrected chi connectivity index (χ1v) is 7.83. The van der Waals surface area contributed by atoms with E-state index in [1.54, 1.807) is 11.7 Å². The second kappa shape index (κ2) is 5.23. The minimum absolute atomic E-state index is 0.0352. The van der Waals surface area contributed by atoms with Crippen molar-refractivity contribution < 1.29 is 9.47 Å². The predicted octanol–water partition coefficient (Wildman–Crippen LogP) is 2.66. The third-order valence-electron chi connectivity index (χ3n) is 3.78. The second-order valence-electron chi connectivity index (χ2n) is 5.09. The second-order valence-corrected chi connectivity index (χ2v) is 6.14. The highest BCUT2D eigenvalue weighted by molar-refractivity contribution is 7.22. The Labute approximate surface area is 130 Å². The molecule has 0 fully saturated rings. The highest BCUT2D eigenvalue weighted by Gasteiger charge is 2.17. The highest BCUT2D eigenvalue weighted by Crippen LogP contribution is 2.32. The Morgan fingerprint density at radius 2 is 2.14 bits per heavy atom. The van der Waals surface area contributed by atoms with Crippen molar-refractivity contribution in [2.45, 2.75) is 13.2 Å². The largest absolute Gasteiger partial charge is 0.497 e. The first kappa shape index (κ1) is 13.5. The average molecular weight is 314 g/mol. The molecule has 0 saturated carbocycles. The van der Waals surface area contributed by atoms with Gasteiger partial charge in [0, 0.05) is 4.88 Å². The van der Waals surface area contributed by atoms with Gasteiger partial charge < -0.3 is 9.47 Å². The Kier molecular flexibility index (Phi) is 3.20. The van der Waals surface area contributed by atoms with Gasteiger partial charge in [0.25, 0.3) is 5.56 Å². The highest BCUT2D eigenvalue weighted by atomic mass is 32.1. The molecule has 0 N–H and O–H groups in total. The lowest BCUT2D eigenvalue weighted by molar-refractivity contribution is 0.0788. The SMILES string of the molecule is COc1ccc(-c2cc3nc4n(c(=O)c3s2)CCOC4)cc1. The van der Waals surface area contributed by atoms with Crippen molar-refractivity contribution in [3.05, 3.63) is 46.5 Å². The maximum Gasteiger partial charge on any atom is 0.271 e. The maximum atomic E-state index is 12.6. The zero-order valence-corrected chi connectivity index (χ0v) is 12.9. The minimum Gasteiger partial charge on any atom is -0.497 e. The third kappa shape index (κ3) is 2.12. The van der Waals surface area contributed by atoms with Gasteiger partial charge >= 0.3 is 0 Å². The van der Waals surface area contributed by atoms with E-state index in [0.29, 0.717) is 30.3 Å². The lowest BCUT2D eigenvalue weighted by Gasteiger charge is -2.17. The summed E-state index contributed by atoms with van der Waals surface area (Å²) in [5.41, 5.74) is 1.84. The molecule has 0 atom stereocenters. The molecule has 0 radical (unpaired) electrons. The Morgan fingerprint density at radius 3 is 2.91 bits per heavy atom. The van der Waals surface area contributed by atoms with Gasteiger partial charge in [0.1, 0.15) is 22.9 Å². The van der Waals surface area contributed by atoms with Crippen LogP contribution in [0.5, 0.6) is 5.75 Å². The van der Waals surface area contributed by atoms with Gasteiger partial charge in [-0.25, -0.2) is 4.98 Å². The van der Waals surface area contributed by atoms with E-state index >= 15 is 0 Å². The molecule has 1 aliphatic heterocycles. The van der Waals surface area contributed by atoms with Gasteiger partial charge in [0.05, 0.1) is 25.8 Å². The number of methoxy groups -OCH3 is 1. The molecule has 0 aliphatic carbocycles. The normalized spacial score (nSPS) is 14.0. The van der Waals surface area contributed by atoms with Crippen molar-refractivity contribution in [2.75, 3.05) is 13.7 Å². The fourth-order valence-electron chi connectivity index (χ4n) is 2.61. The van der Waals surface area contributed by atoms with Crippen LogP contribution in [0.1, 0.15) is 5.82 Å². The van der Waals surface area contributed by atoms with Gasteiger partial charge in [-0.3, -0.25) is 9.36 Å². The van der Waals surface area contributed by atoms with Gasteiger partial charge in [0.2, 0.25) is 0 Å². The number of benzene rings is 1. The lowest BCUT2D eigenvalue weighted by atomic mass is 10.2. The Bertz CT molecular complexity index is 896. The summed E-state index contributed by atoms with van der Waals surface area (Å²) in [6.07, 6.45) is 0. The predicted molar refractivity (Wildman–Crippen MR) is 85.5 cm³/mol. The van der Waals surface area contributed by atoms with Crippen LogP contribution in [0, 0.1) is 0 Å². The summed E-state index contributed by atoms with van der Waals surface area (Å²) in [5, 5.41) is 0. The number of rotatable bonds is 2. The summed E-state index contributed by atoms with van der Waals surface area (Å²) in [6, 6.07) is 9.78. The van der Waals surface area contributed by atoms with Gasteiger partial charge in [-0.15, -0.1) is 11.3 Å². The summed E-state index contributed by atoms with van der Waals surface area (Å²) < 4.78 is 13.0. The van der Waals surface area contributed by atoms with E-state index in [-0.39, 0.29) is 5.56 Å². The molecule has 3 heterocycles. The number of ether oxygens (including phenoxy) is 2. The number of aromatic nitrogens is 2. The molecule has 0 spiro atoms. The molecule has 0 unspecified atom stereocenters. The topological polar surface area (TPSA) is 53.4 Å². The number of hydrogen-bond acceptors (Lipinski definition) is 5. The average Bonchev–Trinajstić information content (AvgIpc) is 2.99. The van der Waals surface area contributed by atoms with Crippen LogP contribution in [0.2, 0.25) is 0 Å². The van der Waals surface area contributed by atoms with Crippen molar-refractivity contribution in [3.63, 3.8) is 0 Å². The maximum absolute atomic E-state index is 12.6. The van der Waals surface area contributed by atoms with E-state index in [4.69, 9.17) is 9.47 Å². The molecule has 2 aromatic heterocycles. The van der Waals surface area contributed by atoms with Crippen molar-refractivity contribution in [3.8, 4) is 16.2 Å². The first-order chi connectivity index (χ1) is 10.8. The monoisotopic (exact) mass is 314 g/mol. The van der Waals surface area contributed by atoms with Crippen LogP contribution in [0.3, 0.4) is 0 Å². The summed E-state index contributed by atoms with van der Waals surface area (Å²) in [4.78, 5) is 18.2. The third-order valence-corrected chi connectivity index (χ3v) is 4.94. The van der Waals surface area contributed by atoms with Crippen molar-refractivity contribution >= 4 is 21.6 Å². The van der Waals surface area contributed by atoms with Crippen molar-refractivity contribution in [1.29, 1.82) is 0 Å². The number of thiophene rings is 1. The molecule has 1 aromatic carbocycles.